The van der Waals surface area contributed by atoms with Crippen molar-refractivity contribution in [3.63, 3.8) is 0 Å². The molecule has 1 fully saturated rings. The van der Waals surface area contributed by atoms with E-state index >= 15 is 0 Å². The number of benzene rings is 1. The van der Waals surface area contributed by atoms with Crippen molar-refractivity contribution in [1.29, 1.82) is 0 Å². The van der Waals surface area contributed by atoms with Crippen LogP contribution in [0.15, 0.2) is 24.3 Å². The smallest absolute Gasteiger partial charge is 0.141 e. The lowest BCUT2D eigenvalue weighted by Crippen LogP contribution is -2.27. The summed E-state index contributed by atoms with van der Waals surface area (Å²) in [6.07, 6.45) is -0.0694. The highest BCUT2D eigenvalue weighted by molar-refractivity contribution is 5.36. The third kappa shape index (κ3) is 3.09. The minimum Gasteiger partial charge on any atom is -0.375 e. The van der Waals surface area contributed by atoms with E-state index in [1.54, 1.807) is 0 Å². The van der Waals surface area contributed by atoms with Gasteiger partial charge < -0.3 is 9.47 Å². The molecule has 2 heteroatoms. The van der Waals surface area contributed by atoms with Gasteiger partial charge in [0.05, 0.1) is 19.8 Å². The lowest BCUT2D eigenvalue weighted by Gasteiger charge is -2.17. The van der Waals surface area contributed by atoms with Crippen molar-refractivity contribution < 1.29 is 9.47 Å². The maximum absolute atomic E-state index is 5.42. The molecule has 0 radical (unpaired) electrons. The van der Waals surface area contributed by atoms with Crippen LogP contribution in [0.4, 0.5) is 0 Å². The van der Waals surface area contributed by atoms with Crippen LogP contribution in [-0.4, -0.2) is 25.9 Å². The topological polar surface area (TPSA) is 18.5 Å². The first-order chi connectivity index (χ1) is 7.34. The van der Waals surface area contributed by atoms with Gasteiger partial charge in [-0.1, -0.05) is 29.5 Å². The minimum atomic E-state index is -0.0694. The molecule has 2 rings (SSSR count). The third-order valence-corrected chi connectivity index (χ3v) is 2.24. The van der Waals surface area contributed by atoms with Gasteiger partial charge in [-0.2, -0.15) is 0 Å². The molecule has 0 aromatic heterocycles. The Bertz CT molecular complexity index is 364. The molecule has 0 N–H and O–H groups in total. The van der Waals surface area contributed by atoms with E-state index in [9.17, 15) is 0 Å². The van der Waals surface area contributed by atoms with Gasteiger partial charge in [0.2, 0.25) is 0 Å². The molecular weight excluding hydrogens is 188 g/mol. The van der Waals surface area contributed by atoms with E-state index < -0.39 is 0 Å². The highest BCUT2D eigenvalue weighted by Crippen LogP contribution is 2.03. The van der Waals surface area contributed by atoms with Gasteiger partial charge in [0.25, 0.3) is 0 Å². The zero-order chi connectivity index (χ0) is 10.5. The Balaban J connectivity index is 2.00. The Morgan fingerprint density at radius 3 is 2.67 bits per heavy atom. The van der Waals surface area contributed by atoms with Crippen molar-refractivity contribution in [2.45, 2.75) is 13.0 Å². The summed E-state index contributed by atoms with van der Waals surface area (Å²) in [5.74, 6) is 6.15. The average molecular weight is 202 g/mol. The van der Waals surface area contributed by atoms with E-state index in [0.717, 1.165) is 5.56 Å². The molecule has 1 atom stereocenters. The van der Waals surface area contributed by atoms with Crippen molar-refractivity contribution in [3.8, 4) is 11.8 Å². The number of rotatable bonds is 0. The Morgan fingerprint density at radius 2 is 2.00 bits per heavy atom. The Morgan fingerprint density at radius 1 is 1.20 bits per heavy atom. The third-order valence-electron chi connectivity index (χ3n) is 2.24. The minimum absolute atomic E-state index is 0.0694. The van der Waals surface area contributed by atoms with Crippen molar-refractivity contribution in [3.05, 3.63) is 35.4 Å². The molecule has 1 saturated heterocycles. The Hall–Kier alpha value is -1.30. The van der Waals surface area contributed by atoms with Crippen molar-refractivity contribution in [1.82, 2.24) is 0 Å². The second-order valence-corrected chi connectivity index (χ2v) is 3.57. The average Bonchev–Trinajstić information content (AvgIpc) is 2.30. The van der Waals surface area contributed by atoms with Crippen LogP contribution in [0.1, 0.15) is 11.1 Å². The van der Waals surface area contributed by atoms with Crippen LogP contribution in [-0.2, 0) is 9.47 Å². The second-order valence-electron chi connectivity index (χ2n) is 3.57. The molecule has 1 unspecified atom stereocenters. The fourth-order valence-electron chi connectivity index (χ4n) is 1.37. The number of hydrogen-bond donors (Lipinski definition) is 0. The number of ether oxygens (including phenoxy) is 2. The zero-order valence-corrected chi connectivity index (χ0v) is 8.82. The van der Waals surface area contributed by atoms with Gasteiger partial charge in [0, 0.05) is 5.56 Å². The van der Waals surface area contributed by atoms with E-state index in [0.29, 0.717) is 19.8 Å². The second kappa shape index (κ2) is 4.97. The number of aryl methyl sites for hydroxylation is 1. The first kappa shape index (κ1) is 10.2. The lowest BCUT2D eigenvalue weighted by atomic mass is 10.1. The predicted molar refractivity (Wildman–Crippen MR) is 58.6 cm³/mol. The molecular formula is C13H14O2. The molecule has 0 aliphatic carbocycles. The van der Waals surface area contributed by atoms with Crippen LogP contribution in [0.3, 0.4) is 0 Å². The highest BCUT2D eigenvalue weighted by atomic mass is 16.6. The van der Waals surface area contributed by atoms with E-state index in [1.807, 2.05) is 12.1 Å². The molecule has 15 heavy (non-hydrogen) atoms. The van der Waals surface area contributed by atoms with Crippen LogP contribution in [0.25, 0.3) is 0 Å². The molecule has 1 aliphatic rings. The van der Waals surface area contributed by atoms with Crippen molar-refractivity contribution >= 4 is 0 Å². The molecule has 0 spiro atoms. The zero-order valence-electron chi connectivity index (χ0n) is 8.82. The molecule has 1 heterocycles. The SMILES string of the molecule is Cc1ccc(C#CC2COCCO2)cc1. The molecule has 0 bridgehead atoms. The summed E-state index contributed by atoms with van der Waals surface area (Å²) >= 11 is 0. The highest BCUT2D eigenvalue weighted by Gasteiger charge is 2.10. The fraction of sp³-hybridized carbons (Fsp3) is 0.385. The molecule has 1 aromatic rings. The quantitative estimate of drug-likeness (QED) is 0.597. The summed E-state index contributed by atoms with van der Waals surface area (Å²) in [7, 11) is 0. The summed E-state index contributed by atoms with van der Waals surface area (Å²) in [6.45, 7) is 3.98. The van der Waals surface area contributed by atoms with Gasteiger partial charge in [0.1, 0.15) is 6.10 Å². The van der Waals surface area contributed by atoms with Crippen LogP contribution in [0.5, 0.6) is 0 Å². The van der Waals surface area contributed by atoms with Gasteiger partial charge in [-0.3, -0.25) is 0 Å². The van der Waals surface area contributed by atoms with Crippen molar-refractivity contribution in [2.24, 2.45) is 0 Å². The van der Waals surface area contributed by atoms with Gasteiger partial charge >= 0.3 is 0 Å². The van der Waals surface area contributed by atoms with Crippen LogP contribution >= 0.6 is 0 Å². The predicted octanol–water partition coefficient (Wildman–Crippen LogP) is 1.76. The van der Waals surface area contributed by atoms with Gasteiger partial charge in [0.15, 0.2) is 0 Å². The molecule has 1 aromatic carbocycles. The van der Waals surface area contributed by atoms with Crippen LogP contribution in [0, 0.1) is 18.8 Å². The standard InChI is InChI=1S/C13H14O2/c1-11-2-4-12(5-3-11)6-7-13-10-14-8-9-15-13/h2-5,13H,8-10H2,1H3. The summed E-state index contributed by atoms with van der Waals surface area (Å²) in [5.41, 5.74) is 2.27. The summed E-state index contributed by atoms with van der Waals surface area (Å²) < 4.78 is 10.7. The van der Waals surface area contributed by atoms with E-state index in [2.05, 4.69) is 30.9 Å². The normalized spacial score (nSPS) is 20.5. The van der Waals surface area contributed by atoms with E-state index in [-0.39, 0.29) is 6.10 Å². The van der Waals surface area contributed by atoms with Gasteiger partial charge in [-0.05, 0) is 19.1 Å². The molecule has 78 valence electrons. The maximum atomic E-state index is 5.42. The van der Waals surface area contributed by atoms with Crippen LogP contribution in [0.2, 0.25) is 0 Å². The summed E-state index contributed by atoms with van der Waals surface area (Å²) in [4.78, 5) is 0. The lowest BCUT2D eigenvalue weighted by molar-refractivity contribution is -0.0635. The monoisotopic (exact) mass is 202 g/mol. The van der Waals surface area contributed by atoms with E-state index in [1.165, 1.54) is 5.56 Å². The Labute approximate surface area is 90.2 Å². The van der Waals surface area contributed by atoms with E-state index in [4.69, 9.17) is 9.47 Å². The van der Waals surface area contributed by atoms with Gasteiger partial charge in [-0.25, -0.2) is 0 Å². The van der Waals surface area contributed by atoms with Crippen molar-refractivity contribution in [2.75, 3.05) is 19.8 Å². The summed E-state index contributed by atoms with van der Waals surface area (Å²) in [5, 5.41) is 0. The largest absolute Gasteiger partial charge is 0.375 e. The maximum Gasteiger partial charge on any atom is 0.141 e. The molecule has 0 amide bonds. The molecule has 0 saturated carbocycles. The molecule has 2 nitrogen and oxygen atoms in total. The molecule has 1 aliphatic heterocycles. The summed E-state index contributed by atoms with van der Waals surface area (Å²) in [6, 6.07) is 8.16. The number of hydrogen-bond acceptors (Lipinski definition) is 2. The Kier molecular flexibility index (Phi) is 3.39. The first-order valence-corrected chi connectivity index (χ1v) is 5.12. The fourth-order valence-corrected chi connectivity index (χ4v) is 1.37. The van der Waals surface area contributed by atoms with Crippen LogP contribution < -0.4 is 0 Å². The first-order valence-electron chi connectivity index (χ1n) is 5.12. The van der Waals surface area contributed by atoms with Gasteiger partial charge in [-0.15, -0.1) is 0 Å².